The van der Waals surface area contributed by atoms with Crippen molar-refractivity contribution in [2.24, 2.45) is 0 Å². The zero-order valence-corrected chi connectivity index (χ0v) is 10.7. The highest BCUT2D eigenvalue weighted by Gasteiger charge is 2.16. The van der Waals surface area contributed by atoms with E-state index in [0.717, 1.165) is 12.6 Å². The average molecular weight is 256 g/mol. The van der Waals surface area contributed by atoms with Gasteiger partial charge in [0.2, 0.25) is 5.95 Å². The molecular formula is C11H17FN4O2. The van der Waals surface area contributed by atoms with Gasteiger partial charge >= 0.3 is 5.97 Å². The Hall–Kier alpha value is -1.92. The summed E-state index contributed by atoms with van der Waals surface area (Å²) in [5.41, 5.74) is 0. The van der Waals surface area contributed by atoms with Gasteiger partial charge in [0.1, 0.15) is 6.04 Å². The van der Waals surface area contributed by atoms with Gasteiger partial charge in [0.15, 0.2) is 11.6 Å². The van der Waals surface area contributed by atoms with Crippen molar-refractivity contribution in [3.8, 4) is 0 Å². The van der Waals surface area contributed by atoms with E-state index in [9.17, 15) is 9.18 Å². The summed E-state index contributed by atoms with van der Waals surface area (Å²) in [6.07, 6.45) is 1.96. The lowest BCUT2D eigenvalue weighted by Gasteiger charge is -2.13. The molecule has 0 spiro atoms. The molecule has 0 aromatic carbocycles. The van der Waals surface area contributed by atoms with E-state index in [-0.39, 0.29) is 5.82 Å². The van der Waals surface area contributed by atoms with Gasteiger partial charge in [0.25, 0.3) is 0 Å². The van der Waals surface area contributed by atoms with Crippen LogP contribution in [0.2, 0.25) is 0 Å². The summed E-state index contributed by atoms with van der Waals surface area (Å²) in [7, 11) is 1.27. The molecule has 1 aromatic heterocycles. The van der Waals surface area contributed by atoms with Crippen LogP contribution < -0.4 is 10.6 Å². The lowest BCUT2D eigenvalue weighted by atomic mass is 10.3. The number of methoxy groups -OCH3 is 1. The summed E-state index contributed by atoms with van der Waals surface area (Å²) in [6, 6.07) is -0.682. The topological polar surface area (TPSA) is 76.1 Å². The van der Waals surface area contributed by atoms with Gasteiger partial charge in [-0.15, -0.1) is 0 Å². The molecule has 0 aliphatic rings. The second kappa shape index (κ2) is 6.73. The van der Waals surface area contributed by atoms with Gasteiger partial charge in [-0.05, 0) is 13.3 Å². The zero-order chi connectivity index (χ0) is 13.5. The van der Waals surface area contributed by atoms with Crippen molar-refractivity contribution in [3.63, 3.8) is 0 Å². The van der Waals surface area contributed by atoms with E-state index in [1.165, 1.54) is 7.11 Å². The number of ether oxygens (including phenoxy) is 1. The molecule has 1 rings (SSSR count). The van der Waals surface area contributed by atoms with E-state index in [2.05, 4.69) is 25.3 Å². The van der Waals surface area contributed by atoms with Crippen molar-refractivity contribution in [2.75, 3.05) is 24.3 Å². The van der Waals surface area contributed by atoms with Gasteiger partial charge in [-0.3, -0.25) is 0 Å². The molecule has 1 atom stereocenters. The number of hydrogen-bond donors (Lipinski definition) is 2. The molecule has 0 saturated heterocycles. The summed E-state index contributed by atoms with van der Waals surface area (Å²) in [4.78, 5) is 19.0. The normalized spacial score (nSPS) is 11.8. The van der Waals surface area contributed by atoms with Crippen molar-refractivity contribution < 1.29 is 13.9 Å². The molecule has 0 amide bonds. The largest absolute Gasteiger partial charge is 0.467 e. The first-order valence-corrected chi connectivity index (χ1v) is 5.69. The Labute approximate surface area is 105 Å². The fourth-order valence-corrected chi connectivity index (χ4v) is 1.23. The van der Waals surface area contributed by atoms with Crippen LogP contribution in [0.25, 0.3) is 0 Å². The standard InChI is InChI=1S/C11H17FN4O2/c1-4-5-13-11-14-6-8(12)9(16-11)15-7(2)10(17)18-3/h6-7H,4-5H2,1-3H3,(H2,13,14,15,16). The van der Waals surface area contributed by atoms with E-state index >= 15 is 0 Å². The monoisotopic (exact) mass is 256 g/mol. The predicted octanol–water partition coefficient (Wildman–Crippen LogP) is 1.41. The third-order valence-electron chi connectivity index (χ3n) is 2.19. The van der Waals surface area contributed by atoms with Crippen LogP contribution in [0.5, 0.6) is 0 Å². The highest BCUT2D eigenvalue weighted by molar-refractivity contribution is 5.78. The first-order chi connectivity index (χ1) is 8.58. The van der Waals surface area contributed by atoms with Crippen molar-refractivity contribution >= 4 is 17.7 Å². The molecule has 0 saturated carbocycles. The van der Waals surface area contributed by atoms with Crippen molar-refractivity contribution in [1.82, 2.24) is 9.97 Å². The summed E-state index contributed by atoms with van der Waals surface area (Å²) in [5, 5.41) is 5.57. The number of rotatable bonds is 6. The first kappa shape index (κ1) is 14.1. The van der Waals surface area contributed by atoms with E-state index in [1.54, 1.807) is 6.92 Å². The Bertz CT molecular complexity index is 414. The lowest BCUT2D eigenvalue weighted by Crippen LogP contribution is -2.28. The number of anilines is 2. The molecule has 2 N–H and O–H groups in total. The number of carbonyl (C=O) groups excluding carboxylic acids is 1. The summed E-state index contributed by atoms with van der Waals surface area (Å²) in [6.45, 7) is 4.25. The lowest BCUT2D eigenvalue weighted by molar-refractivity contribution is -0.141. The minimum Gasteiger partial charge on any atom is -0.467 e. The Balaban J connectivity index is 2.77. The minimum atomic E-state index is -0.682. The van der Waals surface area contributed by atoms with E-state index in [4.69, 9.17) is 0 Å². The van der Waals surface area contributed by atoms with Gasteiger partial charge in [-0.1, -0.05) is 6.92 Å². The second-order valence-corrected chi connectivity index (χ2v) is 3.71. The minimum absolute atomic E-state index is 0.0264. The molecule has 0 aliphatic heterocycles. The van der Waals surface area contributed by atoms with Gasteiger partial charge in [0, 0.05) is 6.54 Å². The van der Waals surface area contributed by atoms with Crippen LogP contribution in [0.4, 0.5) is 16.2 Å². The van der Waals surface area contributed by atoms with Crippen LogP contribution in [0.3, 0.4) is 0 Å². The Morgan fingerprint density at radius 2 is 2.33 bits per heavy atom. The smallest absolute Gasteiger partial charge is 0.328 e. The molecule has 1 aromatic rings. The third-order valence-corrected chi connectivity index (χ3v) is 2.19. The molecule has 7 heteroatoms. The number of nitrogens with one attached hydrogen (secondary N) is 2. The summed E-state index contributed by atoms with van der Waals surface area (Å²) >= 11 is 0. The van der Waals surface area contributed by atoms with Crippen molar-refractivity contribution in [3.05, 3.63) is 12.0 Å². The summed E-state index contributed by atoms with van der Waals surface area (Å²) < 4.78 is 18.0. The zero-order valence-electron chi connectivity index (χ0n) is 10.7. The molecule has 1 unspecified atom stereocenters. The number of carbonyl (C=O) groups is 1. The Morgan fingerprint density at radius 3 is 2.94 bits per heavy atom. The fourth-order valence-electron chi connectivity index (χ4n) is 1.23. The quantitative estimate of drug-likeness (QED) is 0.749. The number of esters is 1. The summed E-state index contributed by atoms with van der Waals surface area (Å²) in [5.74, 6) is -0.816. The van der Waals surface area contributed by atoms with Gasteiger partial charge in [0.05, 0.1) is 13.3 Å². The van der Waals surface area contributed by atoms with Gasteiger partial charge in [-0.25, -0.2) is 14.2 Å². The highest BCUT2D eigenvalue weighted by Crippen LogP contribution is 2.13. The maximum Gasteiger partial charge on any atom is 0.328 e. The van der Waals surface area contributed by atoms with Crippen LogP contribution in [-0.2, 0) is 9.53 Å². The molecule has 0 fully saturated rings. The van der Waals surface area contributed by atoms with E-state index in [0.29, 0.717) is 12.5 Å². The molecule has 100 valence electrons. The van der Waals surface area contributed by atoms with Crippen molar-refractivity contribution in [2.45, 2.75) is 26.3 Å². The SMILES string of the molecule is CCCNc1ncc(F)c(NC(C)C(=O)OC)n1. The molecule has 0 radical (unpaired) electrons. The maximum absolute atomic E-state index is 13.5. The number of hydrogen-bond acceptors (Lipinski definition) is 6. The molecule has 0 bridgehead atoms. The van der Waals surface area contributed by atoms with Crippen LogP contribution in [-0.4, -0.2) is 35.6 Å². The highest BCUT2D eigenvalue weighted by atomic mass is 19.1. The van der Waals surface area contributed by atoms with Crippen LogP contribution in [0.15, 0.2) is 6.20 Å². The number of aromatic nitrogens is 2. The first-order valence-electron chi connectivity index (χ1n) is 5.69. The van der Waals surface area contributed by atoms with Crippen LogP contribution >= 0.6 is 0 Å². The van der Waals surface area contributed by atoms with Crippen LogP contribution in [0, 0.1) is 5.82 Å². The molecule has 18 heavy (non-hydrogen) atoms. The average Bonchev–Trinajstić information content (AvgIpc) is 2.38. The van der Waals surface area contributed by atoms with E-state index in [1.807, 2.05) is 6.92 Å². The van der Waals surface area contributed by atoms with Gasteiger partial charge in [-0.2, -0.15) is 4.98 Å². The maximum atomic E-state index is 13.5. The molecule has 0 aliphatic carbocycles. The van der Waals surface area contributed by atoms with Crippen LogP contribution in [0.1, 0.15) is 20.3 Å². The van der Waals surface area contributed by atoms with E-state index < -0.39 is 17.8 Å². The van der Waals surface area contributed by atoms with Gasteiger partial charge < -0.3 is 15.4 Å². The Morgan fingerprint density at radius 1 is 1.61 bits per heavy atom. The molecule has 6 nitrogen and oxygen atoms in total. The second-order valence-electron chi connectivity index (χ2n) is 3.71. The molecular weight excluding hydrogens is 239 g/mol. The molecule has 1 heterocycles. The Kier molecular flexibility index (Phi) is 5.29. The number of halogens is 1. The third kappa shape index (κ3) is 3.83. The van der Waals surface area contributed by atoms with Crippen molar-refractivity contribution in [1.29, 1.82) is 0 Å². The predicted molar refractivity (Wildman–Crippen MR) is 65.9 cm³/mol. The fraction of sp³-hybridized carbons (Fsp3) is 0.545. The number of nitrogens with zero attached hydrogens (tertiary/aromatic N) is 2.